The van der Waals surface area contributed by atoms with Crippen LogP contribution in [0.15, 0.2) is 18.2 Å². The van der Waals surface area contributed by atoms with Crippen LogP contribution < -0.4 is 15.4 Å². The van der Waals surface area contributed by atoms with Crippen LogP contribution in [0.4, 0.5) is 11.4 Å². The highest BCUT2D eigenvalue weighted by Crippen LogP contribution is 2.31. The van der Waals surface area contributed by atoms with Crippen LogP contribution >= 0.6 is 0 Å². The standard InChI is InChI=1S/C13H22N2O2/c1-4-17-12-8-5-7-11(13(12)14)15(2)9-6-10-16-3/h5,7-8H,4,6,9-10,14H2,1-3H3. The molecule has 0 bridgehead atoms. The Bertz CT molecular complexity index is 342. The van der Waals surface area contributed by atoms with E-state index < -0.39 is 0 Å². The molecule has 0 fully saturated rings. The summed E-state index contributed by atoms with van der Waals surface area (Å²) in [6, 6.07) is 5.86. The highest BCUT2D eigenvalue weighted by molar-refractivity contribution is 5.73. The second kappa shape index (κ2) is 7.01. The third-order valence-electron chi connectivity index (χ3n) is 2.60. The maximum atomic E-state index is 6.08. The van der Waals surface area contributed by atoms with Crippen LogP contribution in [-0.2, 0) is 4.74 Å². The molecule has 0 unspecified atom stereocenters. The molecule has 0 spiro atoms. The van der Waals surface area contributed by atoms with Gasteiger partial charge in [0.1, 0.15) is 5.75 Å². The van der Waals surface area contributed by atoms with Crippen LogP contribution in [0, 0.1) is 0 Å². The predicted molar refractivity (Wildman–Crippen MR) is 71.8 cm³/mol. The topological polar surface area (TPSA) is 47.7 Å². The Kier molecular flexibility index (Phi) is 5.63. The molecule has 0 aliphatic carbocycles. The quantitative estimate of drug-likeness (QED) is 0.584. The van der Waals surface area contributed by atoms with Gasteiger partial charge in [-0.2, -0.15) is 0 Å². The molecule has 1 aromatic rings. The first kappa shape index (κ1) is 13.6. The SMILES string of the molecule is CCOc1cccc(N(C)CCCOC)c1N. The van der Waals surface area contributed by atoms with Gasteiger partial charge in [0, 0.05) is 27.3 Å². The second-order valence-electron chi connectivity index (χ2n) is 3.89. The van der Waals surface area contributed by atoms with E-state index in [0.29, 0.717) is 12.3 Å². The van der Waals surface area contributed by atoms with Crippen molar-refractivity contribution in [2.45, 2.75) is 13.3 Å². The molecule has 0 atom stereocenters. The number of anilines is 2. The second-order valence-corrected chi connectivity index (χ2v) is 3.89. The van der Waals surface area contributed by atoms with Gasteiger partial charge in [-0.05, 0) is 25.5 Å². The Morgan fingerprint density at radius 2 is 2.12 bits per heavy atom. The van der Waals surface area contributed by atoms with Gasteiger partial charge in [-0.25, -0.2) is 0 Å². The molecule has 0 amide bonds. The number of rotatable bonds is 7. The van der Waals surface area contributed by atoms with Gasteiger partial charge in [-0.3, -0.25) is 0 Å². The van der Waals surface area contributed by atoms with Gasteiger partial charge in [-0.1, -0.05) is 6.07 Å². The number of methoxy groups -OCH3 is 1. The first-order valence-corrected chi connectivity index (χ1v) is 5.92. The maximum absolute atomic E-state index is 6.08. The summed E-state index contributed by atoms with van der Waals surface area (Å²) in [6.45, 7) is 4.25. The maximum Gasteiger partial charge on any atom is 0.144 e. The van der Waals surface area contributed by atoms with Crippen molar-refractivity contribution in [3.63, 3.8) is 0 Å². The average molecular weight is 238 g/mol. The van der Waals surface area contributed by atoms with Crippen LogP contribution in [0.3, 0.4) is 0 Å². The minimum Gasteiger partial charge on any atom is -0.492 e. The van der Waals surface area contributed by atoms with Crippen molar-refractivity contribution >= 4 is 11.4 Å². The van der Waals surface area contributed by atoms with Crippen molar-refractivity contribution < 1.29 is 9.47 Å². The predicted octanol–water partition coefficient (Wildman–Crippen LogP) is 2.14. The molecule has 4 nitrogen and oxygen atoms in total. The highest BCUT2D eigenvalue weighted by Gasteiger charge is 2.09. The van der Waals surface area contributed by atoms with Crippen LogP contribution in [0.1, 0.15) is 13.3 Å². The van der Waals surface area contributed by atoms with E-state index in [4.69, 9.17) is 15.2 Å². The summed E-state index contributed by atoms with van der Waals surface area (Å²) >= 11 is 0. The molecular formula is C13H22N2O2. The molecule has 4 heteroatoms. The number of hydrogen-bond donors (Lipinski definition) is 1. The number of nitrogen functional groups attached to an aromatic ring is 1. The molecule has 96 valence electrons. The lowest BCUT2D eigenvalue weighted by Gasteiger charge is -2.22. The fourth-order valence-corrected chi connectivity index (χ4v) is 1.71. The summed E-state index contributed by atoms with van der Waals surface area (Å²) in [4.78, 5) is 2.12. The van der Waals surface area contributed by atoms with E-state index in [0.717, 1.165) is 31.0 Å². The monoisotopic (exact) mass is 238 g/mol. The van der Waals surface area contributed by atoms with Gasteiger partial charge < -0.3 is 20.1 Å². The number of nitrogens with zero attached hydrogens (tertiary/aromatic N) is 1. The van der Waals surface area contributed by atoms with Crippen molar-refractivity contribution in [1.82, 2.24) is 0 Å². The Labute approximate surface area is 103 Å². The van der Waals surface area contributed by atoms with Crippen molar-refractivity contribution in [3.05, 3.63) is 18.2 Å². The van der Waals surface area contributed by atoms with Gasteiger partial charge in [0.15, 0.2) is 0 Å². The van der Waals surface area contributed by atoms with E-state index in [9.17, 15) is 0 Å². The summed E-state index contributed by atoms with van der Waals surface area (Å²) < 4.78 is 10.5. The minimum absolute atomic E-state index is 0.626. The average Bonchev–Trinajstić information content (AvgIpc) is 2.32. The third-order valence-corrected chi connectivity index (χ3v) is 2.60. The number of ether oxygens (including phenoxy) is 2. The molecular weight excluding hydrogens is 216 g/mol. The Morgan fingerprint density at radius 1 is 1.35 bits per heavy atom. The first-order valence-electron chi connectivity index (χ1n) is 5.92. The van der Waals surface area contributed by atoms with E-state index in [1.54, 1.807) is 7.11 Å². The zero-order chi connectivity index (χ0) is 12.7. The van der Waals surface area contributed by atoms with Crippen LogP contribution in [-0.4, -0.2) is 33.9 Å². The number of hydrogen-bond acceptors (Lipinski definition) is 4. The minimum atomic E-state index is 0.626. The summed E-state index contributed by atoms with van der Waals surface area (Å²) in [5, 5.41) is 0. The molecule has 2 N–H and O–H groups in total. The largest absolute Gasteiger partial charge is 0.492 e. The lowest BCUT2D eigenvalue weighted by Crippen LogP contribution is -2.21. The number of benzene rings is 1. The molecule has 0 radical (unpaired) electrons. The summed E-state index contributed by atoms with van der Waals surface area (Å²) in [7, 11) is 3.74. The molecule has 17 heavy (non-hydrogen) atoms. The van der Waals surface area contributed by atoms with E-state index >= 15 is 0 Å². The number of nitrogens with two attached hydrogens (primary N) is 1. The lowest BCUT2D eigenvalue weighted by molar-refractivity contribution is 0.196. The fourth-order valence-electron chi connectivity index (χ4n) is 1.71. The molecule has 0 heterocycles. The zero-order valence-corrected chi connectivity index (χ0v) is 10.9. The van der Waals surface area contributed by atoms with Crippen LogP contribution in [0.2, 0.25) is 0 Å². The van der Waals surface area contributed by atoms with E-state index in [2.05, 4.69) is 4.90 Å². The van der Waals surface area contributed by atoms with Crippen molar-refractivity contribution in [2.75, 3.05) is 44.5 Å². The van der Waals surface area contributed by atoms with Gasteiger partial charge in [-0.15, -0.1) is 0 Å². The van der Waals surface area contributed by atoms with Gasteiger partial charge in [0.2, 0.25) is 0 Å². The van der Waals surface area contributed by atoms with Gasteiger partial charge in [0.25, 0.3) is 0 Å². The van der Waals surface area contributed by atoms with Crippen LogP contribution in [0.5, 0.6) is 5.75 Å². The first-order chi connectivity index (χ1) is 8.20. The number of para-hydroxylation sites is 1. The van der Waals surface area contributed by atoms with Crippen molar-refractivity contribution in [3.8, 4) is 5.75 Å². The Morgan fingerprint density at radius 3 is 2.76 bits per heavy atom. The van der Waals surface area contributed by atoms with Crippen molar-refractivity contribution in [1.29, 1.82) is 0 Å². The third kappa shape index (κ3) is 3.82. The zero-order valence-electron chi connectivity index (χ0n) is 10.9. The summed E-state index contributed by atoms with van der Waals surface area (Å²) in [5.74, 6) is 0.753. The Balaban J connectivity index is 2.72. The smallest absolute Gasteiger partial charge is 0.144 e. The van der Waals surface area contributed by atoms with E-state index in [-0.39, 0.29) is 0 Å². The molecule has 0 saturated carbocycles. The molecule has 1 rings (SSSR count). The van der Waals surface area contributed by atoms with Gasteiger partial charge in [0.05, 0.1) is 18.0 Å². The highest BCUT2D eigenvalue weighted by atomic mass is 16.5. The molecule has 0 aliphatic rings. The molecule has 0 aliphatic heterocycles. The fraction of sp³-hybridized carbons (Fsp3) is 0.538. The Hall–Kier alpha value is -1.42. The normalized spacial score (nSPS) is 10.3. The lowest BCUT2D eigenvalue weighted by atomic mass is 10.2. The van der Waals surface area contributed by atoms with E-state index in [1.165, 1.54) is 0 Å². The summed E-state index contributed by atoms with van der Waals surface area (Å²) in [5.41, 5.74) is 7.79. The van der Waals surface area contributed by atoms with Crippen LogP contribution in [0.25, 0.3) is 0 Å². The molecule has 0 saturated heterocycles. The molecule has 0 aromatic heterocycles. The molecule has 1 aromatic carbocycles. The van der Waals surface area contributed by atoms with Crippen molar-refractivity contribution in [2.24, 2.45) is 0 Å². The van der Waals surface area contributed by atoms with E-state index in [1.807, 2.05) is 32.2 Å². The summed E-state index contributed by atoms with van der Waals surface area (Å²) in [6.07, 6.45) is 0.977. The van der Waals surface area contributed by atoms with Gasteiger partial charge >= 0.3 is 0 Å².